The van der Waals surface area contributed by atoms with E-state index in [2.05, 4.69) is 0 Å². The first kappa shape index (κ1) is 17.2. The summed E-state index contributed by atoms with van der Waals surface area (Å²) in [6.07, 6.45) is 7.95. The summed E-state index contributed by atoms with van der Waals surface area (Å²) in [7, 11) is 1.73. The van der Waals surface area contributed by atoms with Gasteiger partial charge in [-0.1, -0.05) is 19.3 Å². The molecule has 2 amide bonds. The van der Waals surface area contributed by atoms with E-state index in [0.717, 1.165) is 25.7 Å². The molecule has 0 heterocycles. The minimum absolute atomic E-state index is 0.00723. The van der Waals surface area contributed by atoms with Gasteiger partial charge in [0.15, 0.2) is 0 Å². The van der Waals surface area contributed by atoms with Crippen LogP contribution < -0.4 is 5.73 Å². The summed E-state index contributed by atoms with van der Waals surface area (Å²) < 4.78 is 0. The molecule has 0 aromatic rings. The molecule has 2 N–H and O–H groups in total. The number of nitriles is 1. The van der Waals surface area contributed by atoms with Crippen molar-refractivity contribution in [3.8, 4) is 6.07 Å². The Kier molecular flexibility index (Phi) is 7.48. The Bertz CT molecular complexity index is 422. The summed E-state index contributed by atoms with van der Waals surface area (Å²) in [6, 6.07) is 2.09. The molecule has 6 heteroatoms. The van der Waals surface area contributed by atoms with Crippen molar-refractivity contribution in [3.63, 3.8) is 0 Å². The first-order valence-corrected chi connectivity index (χ1v) is 7.44. The van der Waals surface area contributed by atoms with E-state index in [4.69, 9.17) is 5.73 Å². The van der Waals surface area contributed by atoms with Crippen LogP contribution in [0.5, 0.6) is 0 Å². The highest BCUT2D eigenvalue weighted by molar-refractivity contribution is 5.97. The number of carbonyl (C=O) groups is 2. The molecule has 0 unspecified atom stereocenters. The van der Waals surface area contributed by atoms with Crippen LogP contribution in [0.25, 0.3) is 0 Å². The second-order valence-electron chi connectivity index (χ2n) is 5.35. The molecular weight excluding hydrogens is 268 g/mol. The van der Waals surface area contributed by atoms with Crippen molar-refractivity contribution in [3.05, 3.63) is 11.8 Å². The molecule has 0 aromatic heterocycles. The summed E-state index contributed by atoms with van der Waals surface area (Å²) in [6.45, 7) is 0.863. The molecule has 1 aliphatic carbocycles. The molecule has 1 saturated carbocycles. The predicted octanol–water partition coefficient (Wildman–Crippen LogP) is 0.992. The Hall–Kier alpha value is -1.87. The fourth-order valence-corrected chi connectivity index (χ4v) is 2.54. The molecule has 0 aliphatic heterocycles. The van der Waals surface area contributed by atoms with Crippen LogP contribution in [-0.2, 0) is 9.59 Å². The van der Waals surface area contributed by atoms with Crippen molar-refractivity contribution < 1.29 is 9.59 Å². The normalized spacial score (nSPS) is 16.1. The van der Waals surface area contributed by atoms with Gasteiger partial charge in [0.25, 0.3) is 5.91 Å². The maximum absolute atomic E-state index is 12.4. The lowest BCUT2D eigenvalue weighted by molar-refractivity contribution is -0.128. The zero-order valence-electron chi connectivity index (χ0n) is 12.6. The van der Waals surface area contributed by atoms with Gasteiger partial charge in [-0.15, -0.1) is 0 Å². The van der Waals surface area contributed by atoms with E-state index in [1.807, 2.05) is 6.07 Å². The van der Waals surface area contributed by atoms with E-state index >= 15 is 0 Å². The quantitative estimate of drug-likeness (QED) is 0.430. The lowest BCUT2D eigenvalue weighted by Crippen LogP contribution is -2.39. The van der Waals surface area contributed by atoms with Crippen LogP contribution in [0.15, 0.2) is 11.8 Å². The summed E-state index contributed by atoms with van der Waals surface area (Å²) >= 11 is 0. The van der Waals surface area contributed by atoms with Gasteiger partial charge in [0.2, 0.25) is 6.41 Å². The van der Waals surface area contributed by atoms with E-state index in [0.29, 0.717) is 25.9 Å². The standard InChI is InChI=1S/C15H24N4O2/c1-18(14-6-3-2-4-7-14)15(21)13(10-17)11-19(12-20)9-5-8-16/h11-12,14H,2-9,16H2,1H3/b13-11-. The molecule has 1 fully saturated rings. The van der Waals surface area contributed by atoms with Gasteiger partial charge in [0.1, 0.15) is 11.6 Å². The fraction of sp³-hybridized carbons (Fsp3) is 0.667. The van der Waals surface area contributed by atoms with Gasteiger partial charge in [-0.25, -0.2) is 0 Å². The van der Waals surface area contributed by atoms with Crippen LogP contribution in [0.1, 0.15) is 38.5 Å². The van der Waals surface area contributed by atoms with Crippen LogP contribution in [0.2, 0.25) is 0 Å². The predicted molar refractivity (Wildman–Crippen MR) is 79.8 cm³/mol. The number of nitrogens with zero attached hydrogens (tertiary/aromatic N) is 3. The minimum atomic E-state index is -0.316. The highest BCUT2D eigenvalue weighted by Gasteiger charge is 2.24. The zero-order chi connectivity index (χ0) is 15.7. The first-order valence-electron chi connectivity index (χ1n) is 7.44. The third-order valence-corrected chi connectivity index (χ3v) is 3.84. The van der Waals surface area contributed by atoms with Crippen LogP contribution in [0.4, 0.5) is 0 Å². The Morgan fingerprint density at radius 2 is 2.05 bits per heavy atom. The second kappa shape index (κ2) is 9.14. The Morgan fingerprint density at radius 1 is 1.38 bits per heavy atom. The van der Waals surface area contributed by atoms with Crippen molar-refractivity contribution in [2.24, 2.45) is 5.73 Å². The number of nitrogens with two attached hydrogens (primary N) is 1. The molecule has 0 atom stereocenters. The maximum Gasteiger partial charge on any atom is 0.266 e. The number of rotatable bonds is 7. The van der Waals surface area contributed by atoms with E-state index in [-0.39, 0.29) is 17.5 Å². The van der Waals surface area contributed by atoms with E-state index in [9.17, 15) is 14.9 Å². The van der Waals surface area contributed by atoms with Crippen LogP contribution >= 0.6 is 0 Å². The third kappa shape index (κ3) is 5.20. The van der Waals surface area contributed by atoms with Crippen molar-refractivity contribution in [1.29, 1.82) is 5.26 Å². The molecule has 0 aromatic carbocycles. The number of likely N-dealkylation sites (N-methyl/N-ethyl adjacent to an activating group) is 1. The number of carbonyl (C=O) groups excluding carboxylic acids is 2. The summed E-state index contributed by atoms with van der Waals surface area (Å²) in [4.78, 5) is 26.3. The number of hydrogen-bond donors (Lipinski definition) is 1. The summed E-state index contributed by atoms with van der Waals surface area (Å²) in [5.41, 5.74) is 5.39. The number of hydrogen-bond acceptors (Lipinski definition) is 4. The zero-order valence-corrected chi connectivity index (χ0v) is 12.6. The topological polar surface area (TPSA) is 90.4 Å². The molecule has 1 rings (SSSR count). The number of amides is 2. The summed E-state index contributed by atoms with van der Waals surface area (Å²) in [5, 5.41) is 9.18. The molecule has 0 spiro atoms. The van der Waals surface area contributed by atoms with Crippen molar-refractivity contribution in [2.45, 2.75) is 44.6 Å². The van der Waals surface area contributed by atoms with Gasteiger partial charge >= 0.3 is 0 Å². The minimum Gasteiger partial charge on any atom is -0.338 e. The average Bonchev–Trinajstić information content (AvgIpc) is 2.54. The van der Waals surface area contributed by atoms with Crippen molar-refractivity contribution in [1.82, 2.24) is 9.80 Å². The average molecular weight is 292 g/mol. The van der Waals surface area contributed by atoms with Crippen LogP contribution in [0.3, 0.4) is 0 Å². The first-order chi connectivity index (χ1) is 10.1. The Morgan fingerprint density at radius 3 is 2.57 bits per heavy atom. The molecule has 1 aliphatic rings. The molecule has 0 radical (unpaired) electrons. The lowest BCUT2D eigenvalue weighted by atomic mass is 9.94. The summed E-state index contributed by atoms with van der Waals surface area (Å²) in [5.74, 6) is -0.316. The molecule has 21 heavy (non-hydrogen) atoms. The van der Waals surface area contributed by atoms with Gasteiger partial charge in [-0.05, 0) is 25.8 Å². The van der Waals surface area contributed by atoms with E-state index in [1.54, 1.807) is 11.9 Å². The Balaban J connectivity index is 2.74. The molecular formula is C15H24N4O2. The smallest absolute Gasteiger partial charge is 0.266 e. The SMILES string of the molecule is CN(C(=O)/C(C#N)=C\N(C=O)CCCN)C1CCCCC1. The van der Waals surface area contributed by atoms with E-state index < -0.39 is 0 Å². The van der Waals surface area contributed by atoms with E-state index in [1.165, 1.54) is 17.5 Å². The fourth-order valence-electron chi connectivity index (χ4n) is 2.54. The van der Waals surface area contributed by atoms with Gasteiger partial charge in [0.05, 0.1) is 0 Å². The van der Waals surface area contributed by atoms with Gasteiger partial charge < -0.3 is 15.5 Å². The Labute approximate surface area is 126 Å². The largest absolute Gasteiger partial charge is 0.338 e. The molecule has 0 saturated heterocycles. The second-order valence-corrected chi connectivity index (χ2v) is 5.35. The highest BCUT2D eigenvalue weighted by Crippen LogP contribution is 2.22. The van der Waals surface area contributed by atoms with Crippen molar-refractivity contribution >= 4 is 12.3 Å². The van der Waals surface area contributed by atoms with Gasteiger partial charge in [-0.3, -0.25) is 9.59 Å². The molecule has 0 bridgehead atoms. The van der Waals surface area contributed by atoms with Crippen molar-refractivity contribution in [2.75, 3.05) is 20.1 Å². The monoisotopic (exact) mass is 292 g/mol. The van der Waals surface area contributed by atoms with Crippen LogP contribution in [-0.4, -0.2) is 48.3 Å². The maximum atomic E-state index is 12.4. The third-order valence-electron chi connectivity index (χ3n) is 3.84. The van der Waals surface area contributed by atoms with Gasteiger partial charge in [-0.2, -0.15) is 5.26 Å². The van der Waals surface area contributed by atoms with Gasteiger partial charge in [0, 0.05) is 25.8 Å². The highest BCUT2D eigenvalue weighted by atomic mass is 16.2. The molecule has 6 nitrogen and oxygen atoms in total. The lowest BCUT2D eigenvalue weighted by Gasteiger charge is -2.31. The molecule has 116 valence electrons. The van der Waals surface area contributed by atoms with Crippen LogP contribution in [0, 0.1) is 11.3 Å².